The van der Waals surface area contributed by atoms with Gasteiger partial charge in [0.1, 0.15) is 11.1 Å². The van der Waals surface area contributed by atoms with Crippen LogP contribution < -0.4 is 0 Å². The molecule has 124 valence electrons. The van der Waals surface area contributed by atoms with Gasteiger partial charge in [-0.25, -0.2) is 4.39 Å². The average Bonchev–Trinajstić information content (AvgIpc) is 2.40. The van der Waals surface area contributed by atoms with Gasteiger partial charge in [-0.2, -0.15) is 13.2 Å². The Labute approximate surface area is 134 Å². The molecule has 0 atom stereocenters. The number of halogens is 4. The van der Waals surface area contributed by atoms with Crippen LogP contribution in [0.4, 0.5) is 17.6 Å². The molecule has 0 fully saturated rings. The first-order valence-corrected chi connectivity index (χ1v) is 7.40. The molecule has 0 radical (unpaired) electrons. The van der Waals surface area contributed by atoms with Gasteiger partial charge >= 0.3 is 6.18 Å². The molecule has 0 amide bonds. The molecule has 0 spiro atoms. The fourth-order valence-corrected chi connectivity index (χ4v) is 3.12. The number of hydrogen-bond donors (Lipinski definition) is 0. The second kappa shape index (κ2) is 5.66. The Morgan fingerprint density at radius 2 is 0.913 bits per heavy atom. The molecule has 0 aliphatic rings. The van der Waals surface area contributed by atoms with Crippen LogP contribution in [-0.4, -0.2) is 11.8 Å². The summed E-state index contributed by atoms with van der Waals surface area (Å²) >= 11 is 0. The van der Waals surface area contributed by atoms with Crippen molar-refractivity contribution >= 4 is 0 Å². The molecular formula is C19H20F4. The zero-order valence-corrected chi connectivity index (χ0v) is 13.6. The molecule has 2 rings (SSSR count). The van der Waals surface area contributed by atoms with E-state index in [1.807, 2.05) is 0 Å². The number of benzene rings is 2. The molecule has 0 aromatic heterocycles. The molecule has 0 saturated heterocycles. The van der Waals surface area contributed by atoms with E-state index in [9.17, 15) is 13.2 Å². The summed E-state index contributed by atoms with van der Waals surface area (Å²) in [5.74, 6) is 0. The molecule has 0 aliphatic heterocycles. The van der Waals surface area contributed by atoms with Crippen molar-refractivity contribution in [3.8, 4) is 0 Å². The van der Waals surface area contributed by atoms with Crippen LogP contribution in [0.25, 0.3) is 0 Å². The largest absolute Gasteiger partial charge is 0.405 e. The molecule has 0 N–H and O–H groups in total. The van der Waals surface area contributed by atoms with Crippen LogP contribution in [0.15, 0.2) is 48.5 Å². The lowest BCUT2D eigenvalue weighted by atomic mass is 9.64. The summed E-state index contributed by atoms with van der Waals surface area (Å²) < 4.78 is 57.7. The Hall–Kier alpha value is -1.84. The number of alkyl halides is 4. The van der Waals surface area contributed by atoms with E-state index in [2.05, 4.69) is 0 Å². The maximum Gasteiger partial charge on any atom is 0.405 e. The zero-order chi connectivity index (χ0) is 17.5. The third-order valence-electron chi connectivity index (χ3n) is 4.29. The maximum absolute atomic E-state index is 15.1. The first-order valence-electron chi connectivity index (χ1n) is 7.40. The van der Waals surface area contributed by atoms with Crippen molar-refractivity contribution in [3.05, 3.63) is 70.8 Å². The van der Waals surface area contributed by atoms with Crippen LogP contribution in [0.2, 0.25) is 0 Å². The zero-order valence-electron chi connectivity index (χ0n) is 13.6. The van der Waals surface area contributed by atoms with Crippen LogP contribution in [-0.2, 0) is 5.41 Å². The van der Waals surface area contributed by atoms with Crippen molar-refractivity contribution < 1.29 is 17.6 Å². The molecule has 0 heterocycles. The molecule has 0 aliphatic carbocycles. The highest BCUT2D eigenvalue weighted by Crippen LogP contribution is 2.54. The predicted molar refractivity (Wildman–Crippen MR) is 84.4 cm³/mol. The van der Waals surface area contributed by atoms with Crippen molar-refractivity contribution in [1.82, 2.24) is 0 Å². The van der Waals surface area contributed by atoms with Gasteiger partial charge in [0.15, 0.2) is 0 Å². The van der Waals surface area contributed by atoms with E-state index in [0.29, 0.717) is 0 Å². The normalized spacial score (nSPS) is 13.2. The van der Waals surface area contributed by atoms with Gasteiger partial charge in [-0.15, -0.1) is 0 Å². The third-order valence-corrected chi connectivity index (χ3v) is 4.29. The van der Waals surface area contributed by atoms with Gasteiger partial charge in [0.2, 0.25) is 0 Å². The fraction of sp³-hybridized carbons (Fsp3) is 0.368. The molecule has 0 saturated carbocycles. The molecule has 2 aromatic carbocycles. The van der Waals surface area contributed by atoms with Crippen molar-refractivity contribution in [3.63, 3.8) is 0 Å². The van der Waals surface area contributed by atoms with E-state index in [1.54, 1.807) is 38.1 Å². The molecule has 2 aromatic rings. The second-order valence-corrected chi connectivity index (χ2v) is 6.45. The van der Waals surface area contributed by atoms with Gasteiger partial charge in [-0.3, -0.25) is 0 Å². The minimum Gasteiger partial charge on any atom is -0.243 e. The number of rotatable bonds is 3. The lowest BCUT2D eigenvalue weighted by molar-refractivity contribution is -0.209. The Morgan fingerprint density at radius 1 is 0.609 bits per heavy atom. The predicted octanol–water partition coefficient (Wildman–Crippen LogP) is 5.90. The van der Waals surface area contributed by atoms with Gasteiger partial charge in [-0.1, -0.05) is 59.7 Å². The number of aryl methyl sites for hydroxylation is 2. The van der Waals surface area contributed by atoms with Crippen LogP contribution in [0.5, 0.6) is 0 Å². The SMILES string of the molecule is Cc1ccc(C(c2ccc(C)cc2)(C(C)(C)F)C(F)(F)F)cc1. The summed E-state index contributed by atoms with van der Waals surface area (Å²) in [6.45, 7) is 5.54. The van der Waals surface area contributed by atoms with Crippen LogP contribution in [0, 0.1) is 13.8 Å². The third kappa shape index (κ3) is 2.87. The Balaban J connectivity index is 2.86. The first kappa shape index (κ1) is 17.5. The lowest BCUT2D eigenvalue weighted by Crippen LogP contribution is -2.56. The Bertz CT molecular complexity index is 597. The molecule has 4 heteroatoms. The summed E-state index contributed by atoms with van der Waals surface area (Å²) in [5.41, 5.74) is -3.79. The highest BCUT2D eigenvalue weighted by Gasteiger charge is 2.65. The van der Waals surface area contributed by atoms with Gasteiger partial charge in [0.25, 0.3) is 0 Å². The summed E-state index contributed by atoms with van der Waals surface area (Å²) in [6, 6.07) is 11.8. The van der Waals surface area contributed by atoms with Crippen molar-refractivity contribution in [1.29, 1.82) is 0 Å². The Morgan fingerprint density at radius 3 is 1.13 bits per heavy atom. The number of hydrogen-bond acceptors (Lipinski definition) is 0. The van der Waals surface area contributed by atoms with Crippen molar-refractivity contribution in [2.45, 2.75) is 45.0 Å². The molecule has 23 heavy (non-hydrogen) atoms. The summed E-state index contributed by atoms with van der Waals surface area (Å²) in [7, 11) is 0. The Kier molecular flexibility index (Phi) is 4.31. The minimum absolute atomic E-state index is 0.0908. The lowest BCUT2D eigenvalue weighted by Gasteiger charge is -2.44. The quantitative estimate of drug-likeness (QED) is 0.617. The van der Waals surface area contributed by atoms with Crippen LogP contribution in [0.1, 0.15) is 36.1 Å². The van der Waals surface area contributed by atoms with Crippen molar-refractivity contribution in [2.24, 2.45) is 0 Å². The highest BCUT2D eigenvalue weighted by atomic mass is 19.4. The van der Waals surface area contributed by atoms with E-state index >= 15 is 4.39 Å². The van der Waals surface area contributed by atoms with Crippen LogP contribution in [0.3, 0.4) is 0 Å². The summed E-state index contributed by atoms with van der Waals surface area (Å²) in [4.78, 5) is 0. The topological polar surface area (TPSA) is 0 Å². The molecular weight excluding hydrogens is 304 g/mol. The maximum atomic E-state index is 15.1. The smallest absolute Gasteiger partial charge is 0.243 e. The molecule has 0 unspecified atom stereocenters. The minimum atomic E-state index is -4.78. The van der Waals surface area contributed by atoms with Crippen molar-refractivity contribution in [2.75, 3.05) is 0 Å². The molecule has 0 bridgehead atoms. The van der Waals surface area contributed by atoms with Gasteiger partial charge in [0, 0.05) is 0 Å². The van der Waals surface area contributed by atoms with E-state index < -0.39 is 17.3 Å². The van der Waals surface area contributed by atoms with Gasteiger partial charge < -0.3 is 0 Å². The standard InChI is InChI=1S/C19H20F4/c1-13-5-9-15(10-6-13)18(17(3,4)20,19(21,22)23)16-11-7-14(2)8-12-16/h5-12H,1-4H3. The monoisotopic (exact) mass is 324 g/mol. The van der Waals surface area contributed by atoms with E-state index in [-0.39, 0.29) is 11.1 Å². The highest BCUT2D eigenvalue weighted by molar-refractivity contribution is 5.46. The van der Waals surface area contributed by atoms with Crippen LogP contribution >= 0.6 is 0 Å². The fourth-order valence-electron chi connectivity index (χ4n) is 3.12. The van der Waals surface area contributed by atoms with E-state index in [0.717, 1.165) is 25.0 Å². The van der Waals surface area contributed by atoms with E-state index in [1.165, 1.54) is 24.3 Å². The first-order chi connectivity index (χ1) is 10.5. The van der Waals surface area contributed by atoms with E-state index in [4.69, 9.17) is 0 Å². The second-order valence-electron chi connectivity index (χ2n) is 6.45. The molecule has 0 nitrogen and oxygen atoms in total. The van der Waals surface area contributed by atoms with Gasteiger partial charge in [0.05, 0.1) is 0 Å². The average molecular weight is 324 g/mol. The van der Waals surface area contributed by atoms with Gasteiger partial charge in [-0.05, 0) is 38.8 Å². The summed E-state index contributed by atoms with van der Waals surface area (Å²) in [5, 5.41) is 0. The summed E-state index contributed by atoms with van der Waals surface area (Å²) in [6.07, 6.45) is -4.78.